The highest BCUT2D eigenvalue weighted by atomic mass is 32.2. The lowest BCUT2D eigenvalue weighted by atomic mass is 10.3. The summed E-state index contributed by atoms with van der Waals surface area (Å²) in [7, 11) is -4.28. The van der Waals surface area contributed by atoms with Crippen LogP contribution in [0.3, 0.4) is 0 Å². The molecule has 164 valence electrons. The van der Waals surface area contributed by atoms with Gasteiger partial charge in [-0.2, -0.15) is 4.31 Å². The third-order valence-electron chi connectivity index (χ3n) is 5.39. The Bertz CT molecular complexity index is 1220. The summed E-state index contributed by atoms with van der Waals surface area (Å²) >= 11 is 0. The molecule has 0 saturated carbocycles. The standard InChI is InChI=1S/C20H22F2N6O2S/c1-13-14(2)28(12-23-13)19-11-18(24-15(3)25-19)26-7-9-27(10-8-26)31(29,30)20-16(21)5-4-6-17(20)22/h4-6,11-12H,7-10H2,1-3H3. The molecular formula is C20H22F2N6O2S. The van der Waals surface area contributed by atoms with E-state index in [-0.39, 0.29) is 13.1 Å². The fraction of sp³-hybridized carbons (Fsp3) is 0.350. The van der Waals surface area contributed by atoms with Crippen LogP contribution in [-0.2, 0) is 10.0 Å². The zero-order valence-electron chi connectivity index (χ0n) is 17.4. The first-order valence-electron chi connectivity index (χ1n) is 9.74. The average Bonchev–Trinajstić information content (AvgIpc) is 3.06. The van der Waals surface area contributed by atoms with Crippen LogP contribution in [0.1, 0.15) is 17.2 Å². The molecule has 1 aliphatic rings. The number of rotatable bonds is 4. The van der Waals surface area contributed by atoms with E-state index in [2.05, 4.69) is 15.0 Å². The number of aromatic nitrogens is 4. The first kappa shape index (κ1) is 21.3. The number of benzene rings is 1. The van der Waals surface area contributed by atoms with Gasteiger partial charge in [-0.3, -0.25) is 4.57 Å². The van der Waals surface area contributed by atoms with Crippen molar-refractivity contribution in [3.8, 4) is 5.82 Å². The van der Waals surface area contributed by atoms with Gasteiger partial charge in [-0.05, 0) is 32.9 Å². The number of hydrogen-bond acceptors (Lipinski definition) is 6. The van der Waals surface area contributed by atoms with Gasteiger partial charge < -0.3 is 4.90 Å². The summed E-state index contributed by atoms with van der Waals surface area (Å²) in [4.78, 5) is 14.3. The van der Waals surface area contributed by atoms with E-state index < -0.39 is 26.6 Å². The summed E-state index contributed by atoms with van der Waals surface area (Å²) < 4.78 is 56.7. The maximum absolute atomic E-state index is 14.0. The van der Waals surface area contributed by atoms with Crippen molar-refractivity contribution >= 4 is 15.8 Å². The highest BCUT2D eigenvalue weighted by molar-refractivity contribution is 7.89. The number of sulfonamides is 1. The normalized spacial score (nSPS) is 15.5. The van der Waals surface area contributed by atoms with Gasteiger partial charge >= 0.3 is 0 Å². The van der Waals surface area contributed by atoms with Crippen molar-refractivity contribution in [3.05, 3.63) is 59.4 Å². The Morgan fingerprint density at radius 3 is 2.13 bits per heavy atom. The Morgan fingerprint density at radius 1 is 0.935 bits per heavy atom. The molecule has 0 amide bonds. The first-order valence-corrected chi connectivity index (χ1v) is 11.2. The summed E-state index contributed by atoms with van der Waals surface area (Å²) in [5.74, 6) is -0.290. The van der Waals surface area contributed by atoms with Gasteiger partial charge in [0.05, 0.1) is 5.69 Å². The minimum Gasteiger partial charge on any atom is -0.354 e. The van der Waals surface area contributed by atoms with Crippen molar-refractivity contribution in [1.29, 1.82) is 0 Å². The summed E-state index contributed by atoms with van der Waals surface area (Å²) in [6, 6.07) is 4.84. The molecule has 0 radical (unpaired) electrons. The number of aryl methyl sites for hydroxylation is 2. The van der Waals surface area contributed by atoms with Crippen molar-refractivity contribution in [3.63, 3.8) is 0 Å². The second-order valence-electron chi connectivity index (χ2n) is 7.36. The van der Waals surface area contributed by atoms with Gasteiger partial charge in [0.25, 0.3) is 0 Å². The number of halogens is 2. The maximum Gasteiger partial charge on any atom is 0.249 e. The van der Waals surface area contributed by atoms with E-state index in [0.29, 0.717) is 30.5 Å². The predicted molar refractivity (Wildman–Crippen MR) is 111 cm³/mol. The van der Waals surface area contributed by atoms with E-state index in [9.17, 15) is 17.2 Å². The first-order chi connectivity index (χ1) is 14.7. The van der Waals surface area contributed by atoms with E-state index in [1.54, 1.807) is 13.3 Å². The molecule has 3 heterocycles. The van der Waals surface area contributed by atoms with Crippen molar-refractivity contribution in [2.75, 3.05) is 31.1 Å². The fourth-order valence-corrected chi connectivity index (χ4v) is 5.10. The zero-order valence-corrected chi connectivity index (χ0v) is 18.2. The van der Waals surface area contributed by atoms with Crippen LogP contribution in [0.2, 0.25) is 0 Å². The van der Waals surface area contributed by atoms with Crippen molar-refractivity contribution in [1.82, 2.24) is 23.8 Å². The van der Waals surface area contributed by atoms with Gasteiger partial charge in [-0.1, -0.05) is 6.07 Å². The number of imidazole rings is 1. The van der Waals surface area contributed by atoms with Crippen LogP contribution < -0.4 is 4.90 Å². The molecule has 11 heteroatoms. The monoisotopic (exact) mass is 448 g/mol. The third-order valence-corrected chi connectivity index (χ3v) is 7.34. The van der Waals surface area contributed by atoms with Gasteiger partial charge in [0.1, 0.15) is 35.4 Å². The van der Waals surface area contributed by atoms with E-state index in [1.165, 1.54) is 0 Å². The average molecular weight is 448 g/mol. The van der Waals surface area contributed by atoms with Gasteiger partial charge in [0.15, 0.2) is 4.90 Å². The summed E-state index contributed by atoms with van der Waals surface area (Å²) in [5, 5.41) is 0. The third kappa shape index (κ3) is 3.90. The molecular weight excluding hydrogens is 426 g/mol. The molecule has 0 atom stereocenters. The Labute approximate surface area is 179 Å². The Hall–Kier alpha value is -2.92. The summed E-state index contributed by atoms with van der Waals surface area (Å²) in [5.41, 5.74) is 1.86. The lowest BCUT2D eigenvalue weighted by molar-refractivity contribution is 0.377. The molecule has 31 heavy (non-hydrogen) atoms. The molecule has 3 aromatic rings. The van der Waals surface area contributed by atoms with E-state index in [4.69, 9.17) is 0 Å². The molecule has 0 unspecified atom stereocenters. The van der Waals surface area contributed by atoms with Crippen molar-refractivity contribution in [2.45, 2.75) is 25.7 Å². The van der Waals surface area contributed by atoms with Crippen LogP contribution in [0, 0.1) is 32.4 Å². The summed E-state index contributed by atoms with van der Waals surface area (Å²) in [6.07, 6.45) is 1.70. The lowest BCUT2D eigenvalue weighted by Crippen LogP contribution is -2.49. The van der Waals surface area contributed by atoms with E-state index in [1.807, 2.05) is 29.4 Å². The van der Waals surface area contributed by atoms with Crippen molar-refractivity contribution < 1.29 is 17.2 Å². The van der Waals surface area contributed by atoms with Gasteiger partial charge in [0.2, 0.25) is 10.0 Å². The number of anilines is 1. The van der Waals surface area contributed by atoms with Crippen LogP contribution in [0.5, 0.6) is 0 Å². The largest absolute Gasteiger partial charge is 0.354 e. The van der Waals surface area contributed by atoms with Crippen LogP contribution >= 0.6 is 0 Å². The SMILES string of the molecule is Cc1nc(N2CCN(S(=O)(=O)c3c(F)cccc3F)CC2)cc(-n2cnc(C)c2C)n1. The lowest BCUT2D eigenvalue weighted by Gasteiger charge is -2.34. The van der Waals surface area contributed by atoms with Gasteiger partial charge in [-0.15, -0.1) is 0 Å². The number of hydrogen-bond donors (Lipinski definition) is 0. The smallest absolute Gasteiger partial charge is 0.249 e. The summed E-state index contributed by atoms with van der Waals surface area (Å²) in [6.45, 7) is 6.47. The molecule has 2 aromatic heterocycles. The van der Waals surface area contributed by atoms with Crippen molar-refractivity contribution in [2.24, 2.45) is 0 Å². The Kier molecular flexibility index (Phi) is 5.48. The minimum absolute atomic E-state index is 0.0811. The zero-order chi connectivity index (χ0) is 22.3. The second kappa shape index (κ2) is 7.97. The molecule has 0 bridgehead atoms. The molecule has 1 saturated heterocycles. The van der Waals surface area contributed by atoms with Crippen LogP contribution in [-0.4, -0.2) is 58.4 Å². The molecule has 1 fully saturated rings. The molecule has 0 aliphatic carbocycles. The number of nitrogens with zero attached hydrogens (tertiary/aromatic N) is 6. The van der Waals surface area contributed by atoms with Crippen LogP contribution in [0.25, 0.3) is 5.82 Å². The molecule has 8 nitrogen and oxygen atoms in total. The topological polar surface area (TPSA) is 84.2 Å². The molecule has 0 spiro atoms. The van der Waals surface area contributed by atoms with Gasteiger partial charge in [0, 0.05) is 37.9 Å². The Balaban J connectivity index is 1.56. The minimum atomic E-state index is -4.28. The van der Waals surface area contributed by atoms with E-state index >= 15 is 0 Å². The van der Waals surface area contributed by atoms with Gasteiger partial charge in [-0.25, -0.2) is 32.2 Å². The maximum atomic E-state index is 14.0. The highest BCUT2D eigenvalue weighted by Gasteiger charge is 2.33. The molecule has 0 N–H and O–H groups in total. The predicted octanol–water partition coefficient (Wildman–Crippen LogP) is 2.38. The molecule has 4 rings (SSSR count). The molecule has 1 aromatic carbocycles. The van der Waals surface area contributed by atoms with Crippen LogP contribution in [0.15, 0.2) is 35.5 Å². The van der Waals surface area contributed by atoms with Crippen LogP contribution in [0.4, 0.5) is 14.6 Å². The fourth-order valence-electron chi connectivity index (χ4n) is 3.57. The second-order valence-corrected chi connectivity index (χ2v) is 9.23. The molecule has 1 aliphatic heterocycles. The Morgan fingerprint density at radius 2 is 1.55 bits per heavy atom. The highest BCUT2D eigenvalue weighted by Crippen LogP contribution is 2.25. The quantitative estimate of drug-likeness (QED) is 0.609. The van der Waals surface area contributed by atoms with E-state index in [0.717, 1.165) is 33.9 Å². The number of piperazine rings is 1.